The van der Waals surface area contributed by atoms with E-state index in [0.29, 0.717) is 5.75 Å². The molecule has 23 heavy (non-hydrogen) atoms. The van der Waals surface area contributed by atoms with Gasteiger partial charge in [0.1, 0.15) is 5.75 Å². The molecule has 0 bridgehead atoms. The molecule has 122 valence electrons. The molecule has 0 aromatic heterocycles. The van der Waals surface area contributed by atoms with Crippen molar-refractivity contribution in [1.82, 2.24) is 0 Å². The zero-order valence-electron chi connectivity index (χ0n) is 13.4. The van der Waals surface area contributed by atoms with Crippen molar-refractivity contribution in [1.29, 1.82) is 0 Å². The van der Waals surface area contributed by atoms with Crippen LogP contribution >= 0.6 is 27.7 Å². The van der Waals surface area contributed by atoms with Gasteiger partial charge in [-0.05, 0) is 62.7 Å². The molecule has 0 radical (unpaired) electrons. The van der Waals surface area contributed by atoms with Crippen molar-refractivity contribution in [3.63, 3.8) is 0 Å². The first-order valence-corrected chi connectivity index (χ1v) is 9.17. The predicted octanol–water partition coefficient (Wildman–Crippen LogP) is 5.28. The molecule has 0 saturated heterocycles. The Bertz CT molecular complexity index is 671. The summed E-state index contributed by atoms with van der Waals surface area (Å²) >= 11 is 4.99. The van der Waals surface area contributed by atoms with Crippen LogP contribution in [-0.4, -0.2) is 17.8 Å². The first kappa shape index (κ1) is 17.9. The van der Waals surface area contributed by atoms with Crippen LogP contribution in [0.15, 0.2) is 51.8 Å². The molecule has 0 unspecified atom stereocenters. The van der Waals surface area contributed by atoms with Gasteiger partial charge in [-0.1, -0.05) is 22.0 Å². The molecule has 0 atom stereocenters. The van der Waals surface area contributed by atoms with E-state index in [-0.39, 0.29) is 12.0 Å². The monoisotopic (exact) mass is 393 g/mol. The summed E-state index contributed by atoms with van der Waals surface area (Å²) < 4.78 is 6.60. The first-order valence-electron chi connectivity index (χ1n) is 7.39. The van der Waals surface area contributed by atoms with Crippen LogP contribution in [0.4, 0.5) is 5.69 Å². The number of amides is 1. The zero-order chi connectivity index (χ0) is 16.8. The summed E-state index contributed by atoms with van der Waals surface area (Å²) in [6.07, 6.45) is 0.139. The summed E-state index contributed by atoms with van der Waals surface area (Å²) in [5.74, 6) is 1.16. The Morgan fingerprint density at radius 2 is 1.91 bits per heavy atom. The average Bonchev–Trinajstić information content (AvgIpc) is 2.50. The van der Waals surface area contributed by atoms with Gasteiger partial charge in [0.25, 0.3) is 0 Å². The van der Waals surface area contributed by atoms with E-state index in [9.17, 15) is 4.79 Å². The van der Waals surface area contributed by atoms with Gasteiger partial charge in [-0.2, -0.15) is 0 Å². The SMILES string of the molecule is Cc1ccc(Br)cc1SCC(=O)Nc1ccc(OC(C)C)cc1. The Labute approximate surface area is 149 Å². The smallest absolute Gasteiger partial charge is 0.234 e. The maximum atomic E-state index is 12.1. The largest absolute Gasteiger partial charge is 0.491 e. The lowest BCUT2D eigenvalue weighted by atomic mass is 10.2. The summed E-state index contributed by atoms with van der Waals surface area (Å²) in [5.41, 5.74) is 1.94. The minimum Gasteiger partial charge on any atom is -0.491 e. The molecule has 0 aliphatic heterocycles. The normalized spacial score (nSPS) is 10.7. The van der Waals surface area contributed by atoms with Gasteiger partial charge < -0.3 is 10.1 Å². The minimum atomic E-state index is -0.0214. The number of aryl methyl sites for hydroxylation is 1. The maximum Gasteiger partial charge on any atom is 0.234 e. The molecule has 5 heteroatoms. The van der Waals surface area contributed by atoms with Crippen molar-refractivity contribution in [2.45, 2.75) is 31.8 Å². The molecule has 0 spiro atoms. The number of hydrogen-bond donors (Lipinski definition) is 1. The maximum absolute atomic E-state index is 12.1. The summed E-state index contributed by atoms with van der Waals surface area (Å²) in [5, 5.41) is 2.90. The molecule has 0 aliphatic rings. The Morgan fingerprint density at radius 3 is 2.57 bits per heavy atom. The highest BCUT2D eigenvalue weighted by Gasteiger charge is 2.07. The fraction of sp³-hybridized carbons (Fsp3) is 0.278. The predicted molar refractivity (Wildman–Crippen MR) is 100 cm³/mol. The number of carbonyl (C=O) groups is 1. The van der Waals surface area contributed by atoms with E-state index in [1.54, 1.807) is 0 Å². The van der Waals surface area contributed by atoms with Gasteiger partial charge in [0.15, 0.2) is 0 Å². The molecule has 0 saturated carbocycles. The average molecular weight is 394 g/mol. The molecule has 0 aliphatic carbocycles. The Kier molecular flexibility index (Phi) is 6.54. The molecule has 1 amide bonds. The van der Waals surface area contributed by atoms with Crippen molar-refractivity contribution in [2.75, 3.05) is 11.1 Å². The molecule has 1 N–H and O–H groups in total. The lowest BCUT2D eigenvalue weighted by Crippen LogP contribution is -2.14. The highest BCUT2D eigenvalue weighted by Crippen LogP contribution is 2.26. The van der Waals surface area contributed by atoms with Crippen molar-refractivity contribution >= 4 is 39.3 Å². The summed E-state index contributed by atoms with van der Waals surface area (Å²) in [6.45, 7) is 6.01. The summed E-state index contributed by atoms with van der Waals surface area (Å²) in [4.78, 5) is 13.2. The summed E-state index contributed by atoms with van der Waals surface area (Å²) in [6, 6.07) is 13.5. The third-order valence-corrected chi connectivity index (χ3v) is 4.67. The number of rotatable bonds is 6. The Morgan fingerprint density at radius 1 is 1.22 bits per heavy atom. The number of anilines is 1. The molecule has 2 aromatic carbocycles. The van der Waals surface area contributed by atoms with Gasteiger partial charge in [0.2, 0.25) is 5.91 Å². The highest BCUT2D eigenvalue weighted by molar-refractivity contribution is 9.10. The number of ether oxygens (including phenoxy) is 1. The van der Waals surface area contributed by atoms with E-state index in [1.807, 2.05) is 63.2 Å². The number of nitrogens with one attached hydrogen (secondary N) is 1. The summed E-state index contributed by atoms with van der Waals surface area (Å²) in [7, 11) is 0. The number of carbonyl (C=O) groups excluding carboxylic acids is 1. The third kappa shape index (κ3) is 5.92. The van der Waals surface area contributed by atoms with Crippen LogP contribution in [0, 0.1) is 6.92 Å². The van der Waals surface area contributed by atoms with E-state index >= 15 is 0 Å². The second-order valence-corrected chi connectivity index (χ2v) is 7.37. The van der Waals surface area contributed by atoms with Gasteiger partial charge >= 0.3 is 0 Å². The van der Waals surface area contributed by atoms with Crippen molar-refractivity contribution in [3.05, 3.63) is 52.5 Å². The fourth-order valence-corrected chi connectivity index (χ4v) is 3.34. The second-order valence-electron chi connectivity index (χ2n) is 5.44. The van der Waals surface area contributed by atoms with Crippen LogP contribution in [0.3, 0.4) is 0 Å². The van der Waals surface area contributed by atoms with Gasteiger partial charge in [0.05, 0.1) is 11.9 Å². The van der Waals surface area contributed by atoms with Crippen LogP contribution in [0.5, 0.6) is 5.75 Å². The number of halogens is 1. The topological polar surface area (TPSA) is 38.3 Å². The number of benzene rings is 2. The van der Waals surface area contributed by atoms with Crippen molar-refractivity contribution in [2.24, 2.45) is 0 Å². The van der Waals surface area contributed by atoms with E-state index in [4.69, 9.17) is 4.74 Å². The van der Waals surface area contributed by atoms with Gasteiger partial charge in [-0.15, -0.1) is 11.8 Å². The molecular weight excluding hydrogens is 374 g/mol. The number of hydrogen-bond acceptors (Lipinski definition) is 3. The Balaban J connectivity index is 1.88. The molecule has 2 rings (SSSR count). The molecule has 0 heterocycles. The standard InChI is InChI=1S/C18H20BrNO2S/c1-12(2)22-16-8-6-15(7-9-16)20-18(21)11-23-17-10-14(19)5-4-13(17)3/h4-10,12H,11H2,1-3H3,(H,20,21). The molecule has 3 nitrogen and oxygen atoms in total. The van der Waals surface area contributed by atoms with E-state index in [2.05, 4.69) is 21.2 Å². The van der Waals surface area contributed by atoms with Crippen LogP contribution < -0.4 is 10.1 Å². The van der Waals surface area contributed by atoms with E-state index < -0.39 is 0 Å². The van der Waals surface area contributed by atoms with Crippen molar-refractivity contribution < 1.29 is 9.53 Å². The Hall–Kier alpha value is -1.46. The minimum absolute atomic E-state index is 0.0214. The van der Waals surface area contributed by atoms with Crippen LogP contribution in [0.25, 0.3) is 0 Å². The molecular formula is C18H20BrNO2S. The van der Waals surface area contributed by atoms with Crippen LogP contribution in [0.1, 0.15) is 19.4 Å². The van der Waals surface area contributed by atoms with Crippen LogP contribution in [0.2, 0.25) is 0 Å². The van der Waals surface area contributed by atoms with Gasteiger partial charge in [-0.25, -0.2) is 0 Å². The molecule has 0 fully saturated rings. The molecule has 2 aromatic rings. The van der Waals surface area contributed by atoms with Crippen LogP contribution in [-0.2, 0) is 4.79 Å². The third-order valence-electron chi connectivity index (χ3n) is 3.02. The first-order chi connectivity index (χ1) is 10.9. The fourth-order valence-electron chi connectivity index (χ4n) is 1.96. The number of thioether (sulfide) groups is 1. The second kappa shape index (κ2) is 8.41. The lowest BCUT2D eigenvalue weighted by molar-refractivity contribution is -0.113. The van der Waals surface area contributed by atoms with Crippen molar-refractivity contribution in [3.8, 4) is 5.75 Å². The highest BCUT2D eigenvalue weighted by atomic mass is 79.9. The lowest BCUT2D eigenvalue weighted by Gasteiger charge is -2.11. The van der Waals surface area contributed by atoms with Gasteiger partial charge in [0, 0.05) is 15.1 Å². The van der Waals surface area contributed by atoms with E-state index in [1.165, 1.54) is 17.3 Å². The zero-order valence-corrected chi connectivity index (χ0v) is 15.8. The quantitative estimate of drug-likeness (QED) is 0.678. The van der Waals surface area contributed by atoms with Gasteiger partial charge in [-0.3, -0.25) is 4.79 Å². The van der Waals surface area contributed by atoms with E-state index in [0.717, 1.165) is 20.8 Å².